The molecule has 3 heteroatoms. The Morgan fingerprint density at radius 2 is 0.592 bits per heavy atom. The monoisotopic (exact) mass is 1090 g/mol. The minimum Gasteiger partial charge on any atom is -0.493 e. The Hall–Kier alpha value is -1.99. The van der Waals surface area contributed by atoms with Crippen LogP contribution in [0.15, 0.2) is 60.2 Å². The van der Waals surface area contributed by atoms with Crippen molar-refractivity contribution >= 4 is 11.4 Å². The third-order valence-electron chi connectivity index (χ3n) is 15.9. The van der Waals surface area contributed by atoms with Gasteiger partial charge in [-0.2, -0.15) is 12.8 Å². The average molecular weight is 1090 g/mol. The van der Waals surface area contributed by atoms with Crippen LogP contribution in [-0.4, -0.2) is 4.70 Å². The molecule has 1 aliphatic heterocycles. The van der Waals surface area contributed by atoms with E-state index in [1.807, 2.05) is 0 Å². The molecular formula is C73H128N2Ni. The Bertz CT molecular complexity index is 1550. The fourth-order valence-electron chi connectivity index (χ4n) is 10.9. The second kappa shape index (κ2) is 57.7. The average Bonchev–Trinajstić information content (AvgIpc) is 3.77. The molecule has 0 atom stereocenters. The first-order chi connectivity index (χ1) is 37.0. The first-order valence-corrected chi connectivity index (χ1v) is 33.7. The van der Waals surface area contributed by atoms with Gasteiger partial charge in [-0.1, -0.05) is 329 Å². The molecule has 0 amide bonds. The van der Waals surface area contributed by atoms with Gasteiger partial charge in [-0.15, -0.1) is 0 Å². The minimum absolute atomic E-state index is 0. The van der Waals surface area contributed by atoms with E-state index in [-0.39, 0.29) is 16.5 Å². The van der Waals surface area contributed by atoms with Crippen LogP contribution in [0.25, 0.3) is 16.9 Å². The van der Waals surface area contributed by atoms with Crippen molar-refractivity contribution in [2.45, 2.75) is 356 Å². The van der Waals surface area contributed by atoms with E-state index in [1.165, 1.54) is 310 Å². The summed E-state index contributed by atoms with van der Waals surface area (Å²) >= 11 is 0. The van der Waals surface area contributed by atoms with Gasteiger partial charge in [0.2, 0.25) is 11.4 Å². The molecule has 0 aromatic heterocycles. The van der Waals surface area contributed by atoms with E-state index in [9.17, 15) is 5.53 Å². The number of rotatable bonds is 50. The van der Waals surface area contributed by atoms with Crippen molar-refractivity contribution in [2.75, 3.05) is 0 Å². The van der Waals surface area contributed by atoms with Crippen molar-refractivity contribution in [3.63, 3.8) is 0 Å². The van der Waals surface area contributed by atoms with E-state index in [0.29, 0.717) is 0 Å². The fraction of sp³-hybridized carbons (Fsp3) is 0.753. The van der Waals surface area contributed by atoms with E-state index in [1.54, 1.807) is 0 Å². The number of benzene rings is 2. The molecule has 0 saturated carbocycles. The fourth-order valence-corrected chi connectivity index (χ4v) is 10.9. The minimum atomic E-state index is 0. The van der Waals surface area contributed by atoms with Gasteiger partial charge in [0.05, 0.1) is 0 Å². The largest absolute Gasteiger partial charge is 2.00 e. The predicted octanol–water partition coefficient (Wildman–Crippen LogP) is 26.0. The van der Waals surface area contributed by atoms with Crippen molar-refractivity contribution < 1.29 is 21.2 Å². The zero-order valence-corrected chi connectivity index (χ0v) is 52.7. The number of hydrogen-bond acceptors (Lipinski definition) is 0. The summed E-state index contributed by atoms with van der Waals surface area (Å²) in [5.41, 5.74) is 19.9. The maximum absolute atomic E-state index is 11.7. The summed E-state index contributed by atoms with van der Waals surface area (Å²) in [6, 6.07) is 17.8. The third-order valence-corrected chi connectivity index (χ3v) is 15.9. The Morgan fingerprint density at radius 3 is 0.921 bits per heavy atom. The molecule has 3 rings (SSSR count). The van der Waals surface area contributed by atoms with Gasteiger partial charge < -0.3 is 19.4 Å². The van der Waals surface area contributed by atoms with Gasteiger partial charge in [0.15, 0.2) is 0 Å². The Labute approximate surface area is 487 Å². The van der Waals surface area contributed by atoms with Crippen LogP contribution in [0.2, 0.25) is 0 Å². The molecule has 440 valence electrons. The number of hydrogen-bond donors (Lipinski definition) is 0. The predicted molar refractivity (Wildman–Crippen MR) is 340 cm³/mol. The van der Waals surface area contributed by atoms with Gasteiger partial charge >= 0.3 is 16.5 Å². The van der Waals surface area contributed by atoms with Crippen LogP contribution in [-0.2, 0) is 29.3 Å². The number of nitrogens with zero attached hydrogens (tertiary/aromatic N) is 2. The normalized spacial score (nSPS) is 12.1. The molecule has 0 N–H and O–H groups in total. The molecule has 2 aromatic rings. The van der Waals surface area contributed by atoms with Crippen LogP contribution in [0.4, 0.5) is 0 Å². The summed E-state index contributed by atoms with van der Waals surface area (Å²) in [7, 11) is 0. The molecular weight excluding hydrogens is 964 g/mol. The molecule has 1 heterocycles. The second-order valence-electron chi connectivity index (χ2n) is 23.2. The first kappa shape index (κ1) is 74.0. The van der Waals surface area contributed by atoms with Gasteiger partial charge in [0, 0.05) is 22.8 Å². The molecule has 0 aliphatic carbocycles. The quantitative estimate of drug-likeness (QED) is 0.0273. The van der Waals surface area contributed by atoms with Crippen molar-refractivity contribution in [2.24, 2.45) is 0 Å². The second-order valence-corrected chi connectivity index (χ2v) is 23.2. The maximum atomic E-state index is 11.7. The van der Waals surface area contributed by atoms with E-state index >= 15 is 0 Å². The molecule has 0 saturated heterocycles. The zero-order chi connectivity index (χ0) is 54.3. The van der Waals surface area contributed by atoms with Gasteiger partial charge in [-0.3, -0.25) is 0 Å². The van der Waals surface area contributed by atoms with Crippen molar-refractivity contribution in [3.8, 4) is 0 Å². The third kappa shape index (κ3) is 42.0. The van der Waals surface area contributed by atoms with Gasteiger partial charge in [-0.05, 0) is 73.9 Å². The standard InChI is InChI=1S/C41H62N2.2C16H33.Ni/c1-4-7-10-13-14-15-16-17-18-19-22-29-39-34-40(37-30-23-27-35(32-37)25-20-11-8-5-2)43(42)41(39)38-31-24-28-36(33-38)26-21-12-9-6-3;2*1-3-5-7-9-11-13-15-16-14-12-10-8-6-4-2;/h23-24,27-28,30-34H,4-22,25-26,29H2,1-3H3;2*1,3-16H2,2H3;/q;2*-1;+2. The molecule has 0 spiro atoms. The number of aryl methyl sites for hydroxylation is 2. The Morgan fingerprint density at radius 1 is 0.329 bits per heavy atom. The molecule has 2 aromatic carbocycles. The SMILES string of the molecule is CCCCCCCCCCCCCC1=C(c2cccc(CCCCCC)c2)[N+](=[N-])C(c2cccc(CCCCCC)c2)=C1.[CH2-]CCCCCCCCCCCCCCC.[CH2-]CCCCCCCCCCCCCCC.[Ni+2]. The zero-order valence-electron chi connectivity index (χ0n) is 51.7. The summed E-state index contributed by atoms with van der Waals surface area (Å²) in [5.74, 6) is 0. The summed E-state index contributed by atoms with van der Waals surface area (Å²) in [6.07, 6.45) is 70.3. The number of allylic oxidation sites excluding steroid dienone is 2. The van der Waals surface area contributed by atoms with Crippen molar-refractivity contribution in [3.05, 3.63) is 102 Å². The van der Waals surface area contributed by atoms with Gasteiger partial charge in [0.1, 0.15) is 0 Å². The smallest absolute Gasteiger partial charge is 0.493 e. The molecule has 0 unspecified atom stereocenters. The van der Waals surface area contributed by atoms with Crippen LogP contribution in [0.5, 0.6) is 0 Å². The van der Waals surface area contributed by atoms with Crippen LogP contribution < -0.4 is 0 Å². The van der Waals surface area contributed by atoms with Crippen molar-refractivity contribution in [1.82, 2.24) is 0 Å². The summed E-state index contributed by atoms with van der Waals surface area (Å²) < 4.78 is 1.50. The topological polar surface area (TPSA) is 25.3 Å². The Balaban J connectivity index is 0.00000140. The van der Waals surface area contributed by atoms with Crippen LogP contribution in [0, 0.1) is 13.8 Å². The van der Waals surface area contributed by atoms with E-state index in [2.05, 4.69) is 103 Å². The van der Waals surface area contributed by atoms with Gasteiger partial charge in [0.25, 0.3) is 0 Å². The molecule has 2 nitrogen and oxygen atoms in total. The first-order valence-electron chi connectivity index (χ1n) is 33.7. The maximum Gasteiger partial charge on any atom is 2.00 e. The van der Waals surface area contributed by atoms with Crippen molar-refractivity contribution in [1.29, 1.82) is 0 Å². The summed E-state index contributed by atoms with van der Waals surface area (Å²) in [4.78, 5) is 0. The van der Waals surface area contributed by atoms with Crippen LogP contribution >= 0.6 is 0 Å². The van der Waals surface area contributed by atoms with Crippen LogP contribution in [0.3, 0.4) is 0 Å². The van der Waals surface area contributed by atoms with E-state index in [4.69, 9.17) is 0 Å². The summed E-state index contributed by atoms with van der Waals surface area (Å²) in [5, 5.41) is 0. The molecule has 0 radical (unpaired) electrons. The molecule has 0 fully saturated rings. The van der Waals surface area contributed by atoms with E-state index < -0.39 is 0 Å². The van der Waals surface area contributed by atoms with E-state index in [0.717, 1.165) is 54.6 Å². The molecule has 0 bridgehead atoms. The summed E-state index contributed by atoms with van der Waals surface area (Å²) in [6.45, 7) is 19.2. The Kier molecular flexibility index (Phi) is 56.2. The molecule has 1 aliphatic rings. The van der Waals surface area contributed by atoms with Crippen LogP contribution in [0.1, 0.15) is 365 Å². The number of unbranched alkanes of at least 4 members (excludes halogenated alkanes) is 42. The molecule has 76 heavy (non-hydrogen) atoms. The van der Waals surface area contributed by atoms with Gasteiger partial charge in [-0.25, -0.2) is 4.70 Å².